The van der Waals surface area contributed by atoms with Gasteiger partial charge in [0.1, 0.15) is 0 Å². The number of hydrogen-bond donors (Lipinski definition) is 1. The minimum Gasteiger partial charge on any atom is -0.477 e. The van der Waals surface area contributed by atoms with E-state index >= 15 is 0 Å². The van der Waals surface area contributed by atoms with Crippen LogP contribution in [0, 0.1) is 39.5 Å². The molecule has 2 aliphatic carbocycles. The standard InChI is InChI=1S/C34H38N4O4S2.C33H36N4O4S2/c1-20-32(43-21(2)35-20)26-12-9-23-17-24(10-11-25(23)36-26)31-30(22-7-5-4-6-8-22)33-27(18-28(44-33)34(40)41-3)38(31)19-29(39)37-13-15-42-16-14-37;1-19-31(42-20(2)34-19)25-11-8-22-16-23(9-10-24(22)35-25)30-29(21-6-4-3-5-7-21)32-26(17-27(43-32)33(39)40)37(30)18-28(38)36-12-14-41-15-13-36/h9-12,17-18,22,27,33H,4-8,13-16,19H2,1-3H3;8-11,16-17,21,26,32H,3-7,12-15,18H2,1-2H3,(H,39,40). The number of aliphatic carboxylic acids is 1. The van der Waals surface area contributed by atoms with E-state index in [9.17, 15) is 24.3 Å². The summed E-state index contributed by atoms with van der Waals surface area (Å²) < 4.78 is 16.2. The van der Waals surface area contributed by atoms with Crippen molar-refractivity contribution in [1.82, 2.24) is 39.5 Å². The number of morpholine rings is 2. The van der Waals surface area contributed by atoms with Crippen molar-refractivity contribution < 1.29 is 38.5 Å². The van der Waals surface area contributed by atoms with Crippen LogP contribution in [0.15, 0.2) is 93.8 Å². The van der Waals surface area contributed by atoms with Crippen molar-refractivity contribution in [3.63, 3.8) is 0 Å². The van der Waals surface area contributed by atoms with Crippen molar-refractivity contribution in [1.29, 1.82) is 0 Å². The summed E-state index contributed by atoms with van der Waals surface area (Å²) in [6.45, 7) is 13.2. The van der Waals surface area contributed by atoms with E-state index in [0.29, 0.717) is 74.3 Å². The lowest BCUT2D eigenvalue weighted by Crippen LogP contribution is -2.46. The Morgan fingerprint density at radius 2 is 0.989 bits per heavy atom. The van der Waals surface area contributed by atoms with Crippen LogP contribution in [0.3, 0.4) is 0 Å². The van der Waals surface area contributed by atoms with E-state index in [1.807, 2.05) is 49.6 Å². The molecule has 2 aromatic carbocycles. The molecule has 6 aliphatic heterocycles. The number of rotatable bonds is 12. The fourth-order valence-corrected chi connectivity index (χ4v) is 19.0. The summed E-state index contributed by atoms with van der Waals surface area (Å²) in [5, 5.41) is 14.2. The van der Waals surface area contributed by atoms with Gasteiger partial charge in [-0.15, -0.1) is 46.2 Å². The molecule has 0 bridgehead atoms. The minimum atomic E-state index is -0.887. The number of carbonyl (C=O) groups excluding carboxylic acids is 3. The van der Waals surface area contributed by atoms with E-state index < -0.39 is 5.97 Å². The number of aryl methyl sites for hydroxylation is 4. The first-order valence-electron chi connectivity index (χ1n) is 30.8. The lowest BCUT2D eigenvalue weighted by molar-refractivity contribution is -0.136. The normalized spacial score (nSPS) is 22.6. The topological polar surface area (TPSA) is 181 Å². The number of hydrogen-bond acceptors (Lipinski definition) is 17. The van der Waals surface area contributed by atoms with Crippen LogP contribution in [-0.2, 0) is 33.4 Å². The number of thiazole rings is 2. The van der Waals surface area contributed by atoms with Crippen molar-refractivity contribution >= 4 is 103 Å². The Balaban J connectivity index is 0.000000161. The summed E-state index contributed by atoms with van der Waals surface area (Å²) in [6, 6.07) is 21.1. The van der Waals surface area contributed by atoms with Gasteiger partial charge in [0.05, 0.1) is 133 Å². The largest absolute Gasteiger partial charge is 0.477 e. The fourth-order valence-electron chi connectivity index (χ4n) is 14.4. The lowest BCUT2D eigenvalue weighted by Gasteiger charge is -2.33. The van der Waals surface area contributed by atoms with Crippen LogP contribution in [0.4, 0.5) is 0 Å². The Hall–Kier alpha value is -6.42. The Morgan fingerprint density at radius 3 is 1.39 bits per heavy atom. The molecule has 20 heteroatoms. The second-order valence-corrected chi connectivity index (χ2v) is 28.7. The molecular formula is C67H74N8O8S4. The molecule has 2 saturated heterocycles. The van der Waals surface area contributed by atoms with E-state index in [4.69, 9.17) is 24.2 Å². The molecular weight excluding hydrogens is 1170 g/mol. The highest BCUT2D eigenvalue weighted by Gasteiger charge is 2.50. The Kier molecular flexibility index (Phi) is 17.5. The predicted molar refractivity (Wildman–Crippen MR) is 346 cm³/mol. The third kappa shape index (κ3) is 12.0. The number of benzene rings is 2. The van der Waals surface area contributed by atoms with Crippen LogP contribution in [0.1, 0.15) is 96.7 Å². The van der Waals surface area contributed by atoms with Crippen LogP contribution in [0.5, 0.6) is 0 Å². The number of nitrogens with zero attached hydrogens (tertiary/aromatic N) is 8. The average molecular weight is 1250 g/mol. The number of aromatic nitrogens is 4. The third-order valence-corrected chi connectivity index (χ3v) is 23.3. The van der Waals surface area contributed by atoms with E-state index in [2.05, 4.69) is 80.4 Å². The maximum Gasteiger partial charge on any atom is 0.344 e. The Bertz CT molecular complexity index is 3810. The molecule has 2 saturated carbocycles. The number of amides is 2. The van der Waals surface area contributed by atoms with Crippen molar-refractivity contribution in [2.45, 2.75) is 114 Å². The summed E-state index contributed by atoms with van der Waals surface area (Å²) in [5.41, 5.74) is 12.9. The van der Waals surface area contributed by atoms with Crippen molar-refractivity contribution in [2.75, 3.05) is 72.8 Å². The summed E-state index contributed by atoms with van der Waals surface area (Å²) >= 11 is 6.41. The fraction of sp³-hybridized carbons (Fsp3) is 0.463. The molecule has 87 heavy (non-hydrogen) atoms. The maximum atomic E-state index is 13.8. The van der Waals surface area contributed by atoms with Gasteiger partial charge in [0.15, 0.2) is 0 Å². The minimum absolute atomic E-state index is 0.00423. The number of methoxy groups -OCH3 is 1. The van der Waals surface area contributed by atoms with Gasteiger partial charge in [-0.25, -0.2) is 29.5 Å². The number of thioether (sulfide) groups is 2. The maximum absolute atomic E-state index is 13.8. The second kappa shape index (κ2) is 25.6. The van der Waals surface area contributed by atoms with Gasteiger partial charge in [-0.1, -0.05) is 62.8 Å². The second-order valence-electron chi connectivity index (χ2n) is 23.9. The number of pyridine rings is 2. The number of ether oxygens (including phenoxy) is 3. The Labute approximate surface area is 524 Å². The molecule has 14 rings (SSSR count). The van der Waals surface area contributed by atoms with Crippen LogP contribution >= 0.6 is 46.2 Å². The average Bonchev–Trinajstić information content (AvgIpc) is 1.66. The molecule has 6 aromatic rings. The van der Waals surface area contributed by atoms with Gasteiger partial charge >= 0.3 is 11.9 Å². The molecule has 8 aliphatic rings. The molecule has 0 radical (unpaired) electrons. The molecule has 1 N–H and O–H groups in total. The molecule has 4 unspecified atom stereocenters. The van der Waals surface area contributed by atoms with Crippen molar-refractivity contribution in [3.05, 3.63) is 126 Å². The molecule has 454 valence electrons. The predicted octanol–water partition coefficient (Wildman–Crippen LogP) is 11.9. The van der Waals surface area contributed by atoms with E-state index in [1.54, 1.807) is 34.4 Å². The van der Waals surface area contributed by atoms with Crippen LogP contribution in [-0.4, -0.2) is 164 Å². The zero-order valence-electron chi connectivity index (χ0n) is 50.1. The van der Waals surface area contributed by atoms with E-state index in [-0.39, 0.29) is 53.5 Å². The van der Waals surface area contributed by atoms with Crippen LogP contribution in [0.25, 0.3) is 54.3 Å². The molecule has 4 fully saturated rings. The number of carboxylic acids is 1. The van der Waals surface area contributed by atoms with Gasteiger partial charge in [0.2, 0.25) is 11.8 Å². The molecule has 4 atom stereocenters. The van der Waals surface area contributed by atoms with Gasteiger partial charge in [-0.3, -0.25) is 9.59 Å². The third-order valence-electron chi connectivity index (χ3n) is 18.5. The number of carbonyl (C=O) groups is 4. The molecule has 16 nitrogen and oxygen atoms in total. The molecule has 0 spiro atoms. The van der Waals surface area contributed by atoms with Gasteiger partial charge in [0.25, 0.3) is 0 Å². The van der Waals surface area contributed by atoms with E-state index in [1.165, 1.54) is 68.5 Å². The zero-order chi connectivity index (χ0) is 60.0. The summed E-state index contributed by atoms with van der Waals surface area (Å²) in [7, 11) is 1.44. The number of carboxylic acid groups (broad SMARTS) is 1. The van der Waals surface area contributed by atoms with Gasteiger partial charge in [-0.05, 0) is 136 Å². The summed E-state index contributed by atoms with van der Waals surface area (Å²) in [5.74, 6) is -0.228. The van der Waals surface area contributed by atoms with Gasteiger partial charge in [0, 0.05) is 48.3 Å². The SMILES string of the molecule is COC(=O)C1=CC2C(S1)C(C1CCCCC1)=C(c1ccc3nc(-c4sc(C)nc4C)ccc3c1)N2CC(=O)N1CCOCC1.Cc1nc(C)c(-c2ccc3cc(C4=C(C5CCCCC5)C5SC(C(=O)O)=CC5N4CC(=O)N4CCOCC4)ccc3n2)s1. The monoisotopic (exact) mass is 1250 g/mol. The van der Waals surface area contributed by atoms with Crippen molar-refractivity contribution in [2.24, 2.45) is 11.8 Å². The first kappa shape index (κ1) is 59.5. The van der Waals surface area contributed by atoms with Gasteiger partial charge in [-0.2, -0.15) is 0 Å². The summed E-state index contributed by atoms with van der Waals surface area (Å²) in [6.07, 6.45) is 15.6. The lowest BCUT2D eigenvalue weighted by atomic mass is 9.81. The quantitative estimate of drug-likeness (QED) is 0.114. The highest BCUT2D eigenvalue weighted by Crippen LogP contribution is 2.55. The molecule has 2 amide bonds. The Morgan fingerprint density at radius 1 is 0.563 bits per heavy atom. The van der Waals surface area contributed by atoms with Crippen LogP contribution in [0.2, 0.25) is 0 Å². The first-order valence-corrected chi connectivity index (χ1v) is 34.2. The summed E-state index contributed by atoms with van der Waals surface area (Å²) in [4.78, 5) is 83.0. The highest BCUT2D eigenvalue weighted by molar-refractivity contribution is 8.05. The number of fused-ring (bicyclic) bond motifs is 4. The van der Waals surface area contributed by atoms with Gasteiger partial charge < -0.3 is 38.9 Å². The zero-order valence-corrected chi connectivity index (χ0v) is 53.3. The van der Waals surface area contributed by atoms with Crippen molar-refractivity contribution in [3.8, 4) is 21.1 Å². The molecule has 4 aromatic heterocycles. The highest BCUT2D eigenvalue weighted by atomic mass is 32.2. The van der Waals surface area contributed by atoms with Crippen LogP contribution < -0.4 is 0 Å². The molecule has 10 heterocycles. The smallest absolute Gasteiger partial charge is 0.344 e. The van der Waals surface area contributed by atoms with E-state index in [0.717, 1.165) is 113 Å². The number of esters is 1. The first-order chi connectivity index (χ1) is 42.3.